The summed E-state index contributed by atoms with van der Waals surface area (Å²) < 4.78 is 3.04. The van der Waals surface area contributed by atoms with Gasteiger partial charge in [0.25, 0.3) is 5.56 Å². The zero-order chi connectivity index (χ0) is 17.4. The Bertz CT molecular complexity index is 1120. The van der Waals surface area contributed by atoms with Crippen LogP contribution in [0, 0.1) is 6.92 Å². The van der Waals surface area contributed by atoms with Crippen molar-refractivity contribution in [3.8, 4) is 17.1 Å². The van der Waals surface area contributed by atoms with E-state index < -0.39 is 0 Å². The van der Waals surface area contributed by atoms with Gasteiger partial charge >= 0.3 is 0 Å². The van der Waals surface area contributed by atoms with Gasteiger partial charge in [-0.05, 0) is 25.3 Å². The van der Waals surface area contributed by atoms with E-state index in [9.17, 15) is 4.79 Å². The van der Waals surface area contributed by atoms with Gasteiger partial charge in [0.15, 0.2) is 9.99 Å². The molecule has 7 heteroatoms. The Morgan fingerprint density at radius 2 is 1.88 bits per heavy atom. The van der Waals surface area contributed by atoms with E-state index in [2.05, 4.69) is 9.97 Å². The molecule has 0 bridgehead atoms. The Kier molecular flexibility index (Phi) is 4.10. The van der Waals surface area contributed by atoms with Crippen molar-refractivity contribution >= 4 is 33.4 Å². The predicted molar refractivity (Wildman–Crippen MR) is 103 cm³/mol. The number of fused-ring (bicyclic) bond motifs is 1. The highest BCUT2D eigenvalue weighted by Crippen LogP contribution is 2.28. The average Bonchev–Trinajstić information content (AvgIpc) is 3.07. The molecular weight excluding hydrogens is 352 g/mol. The highest BCUT2D eigenvalue weighted by molar-refractivity contribution is 8.00. The quantitative estimate of drug-likeness (QED) is 0.514. The molecule has 4 rings (SSSR count). The molecule has 4 aromatic rings. The summed E-state index contributed by atoms with van der Waals surface area (Å²) in [4.78, 5) is 26.8. The molecular formula is C18H14N4OS2. The third-order valence-corrected chi connectivity index (χ3v) is 5.85. The van der Waals surface area contributed by atoms with E-state index in [1.54, 1.807) is 10.8 Å². The molecule has 0 aliphatic carbocycles. The predicted octanol–water partition coefficient (Wildman–Crippen LogP) is 3.93. The van der Waals surface area contributed by atoms with Gasteiger partial charge in [-0.1, -0.05) is 42.1 Å². The topological polar surface area (TPSA) is 60.7 Å². The molecule has 3 aromatic heterocycles. The summed E-state index contributed by atoms with van der Waals surface area (Å²) in [6.45, 7) is 1.89. The minimum Gasteiger partial charge on any atom is -0.267 e. The second kappa shape index (κ2) is 6.42. The van der Waals surface area contributed by atoms with Crippen molar-refractivity contribution in [2.75, 3.05) is 6.26 Å². The van der Waals surface area contributed by atoms with E-state index in [0.29, 0.717) is 16.2 Å². The molecule has 3 heterocycles. The molecule has 124 valence electrons. The van der Waals surface area contributed by atoms with Gasteiger partial charge in [0.05, 0.1) is 11.4 Å². The summed E-state index contributed by atoms with van der Waals surface area (Å²) in [5.74, 6) is 0.576. The molecule has 0 amide bonds. The molecule has 0 spiro atoms. The molecule has 0 radical (unpaired) electrons. The van der Waals surface area contributed by atoms with Crippen LogP contribution in [0.3, 0.4) is 0 Å². The number of hydrogen-bond donors (Lipinski definition) is 0. The molecule has 0 unspecified atom stereocenters. The van der Waals surface area contributed by atoms with E-state index in [4.69, 9.17) is 4.98 Å². The van der Waals surface area contributed by atoms with Gasteiger partial charge in [-0.3, -0.25) is 14.3 Å². The first-order valence-corrected chi connectivity index (χ1v) is 9.68. The maximum absolute atomic E-state index is 13.3. The van der Waals surface area contributed by atoms with E-state index >= 15 is 0 Å². The van der Waals surface area contributed by atoms with Crippen LogP contribution in [0.1, 0.15) is 5.69 Å². The number of nitrogens with zero attached hydrogens (tertiary/aromatic N) is 4. The second-order valence-electron chi connectivity index (χ2n) is 5.39. The summed E-state index contributed by atoms with van der Waals surface area (Å²) >= 11 is 2.89. The van der Waals surface area contributed by atoms with Crippen LogP contribution in [-0.2, 0) is 0 Å². The fourth-order valence-electron chi connectivity index (χ4n) is 2.66. The van der Waals surface area contributed by atoms with Crippen molar-refractivity contribution < 1.29 is 0 Å². The van der Waals surface area contributed by atoms with Gasteiger partial charge in [-0.15, -0.1) is 11.3 Å². The highest BCUT2D eigenvalue weighted by atomic mass is 32.2. The lowest BCUT2D eigenvalue weighted by Crippen LogP contribution is -2.22. The summed E-state index contributed by atoms with van der Waals surface area (Å²) in [6.07, 6.45) is 3.66. The van der Waals surface area contributed by atoms with E-state index in [1.165, 1.54) is 23.1 Å². The molecule has 0 aliphatic rings. The molecule has 0 N–H and O–H groups in total. The largest absolute Gasteiger partial charge is 0.278 e. The summed E-state index contributed by atoms with van der Waals surface area (Å²) in [7, 11) is 0. The van der Waals surface area contributed by atoms with Crippen molar-refractivity contribution in [2.45, 2.75) is 11.3 Å². The normalized spacial score (nSPS) is 11.1. The van der Waals surface area contributed by atoms with E-state index in [1.807, 2.05) is 55.6 Å². The molecule has 5 nitrogen and oxygen atoms in total. The van der Waals surface area contributed by atoms with Crippen LogP contribution in [0.4, 0.5) is 0 Å². The summed E-state index contributed by atoms with van der Waals surface area (Å²) in [5, 5.41) is 0. The number of thioether (sulfide) groups is 1. The average molecular weight is 366 g/mol. The monoisotopic (exact) mass is 366 g/mol. The lowest BCUT2D eigenvalue weighted by molar-refractivity contribution is 0.945. The number of aryl methyl sites for hydroxylation is 1. The lowest BCUT2D eigenvalue weighted by atomic mass is 10.2. The van der Waals surface area contributed by atoms with Gasteiger partial charge in [0, 0.05) is 11.8 Å². The van der Waals surface area contributed by atoms with Crippen LogP contribution in [0.25, 0.3) is 27.4 Å². The van der Waals surface area contributed by atoms with Crippen LogP contribution in [0.2, 0.25) is 0 Å². The third kappa shape index (κ3) is 2.75. The van der Waals surface area contributed by atoms with E-state index in [-0.39, 0.29) is 5.56 Å². The van der Waals surface area contributed by atoms with Crippen molar-refractivity contribution in [1.82, 2.24) is 19.5 Å². The number of pyridine rings is 1. The highest BCUT2D eigenvalue weighted by Gasteiger charge is 2.18. The third-order valence-electron chi connectivity index (χ3n) is 3.84. The fraction of sp³-hybridized carbons (Fsp3) is 0.111. The van der Waals surface area contributed by atoms with Gasteiger partial charge < -0.3 is 0 Å². The maximum Gasteiger partial charge on any atom is 0.278 e. The Hall–Kier alpha value is -2.51. The van der Waals surface area contributed by atoms with Gasteiger partial charge in [0.1, 0.15) is 10.5 Å². The maximum atomic E-state index is 13.3. The van der Waals surface area contributed by atoms with Gasteiger partial charge in [-0.25, -0.2) is 9.97 Å². The van der Waals surface area contributed by atoms with E-state index in [0.717, 1.165) is 21.3 Å². The minimum atomic E-state index is -0.113. The first kappa shape index (κ1) is 16.0. The van der Waals surface area contributed by atoms with Crippen molar-refractivity contribution in [2.24, 2.45) is 0 Å². The van der Waals surface area contributed by atoms with Crippen molar-refractivity contribution in [1.29, 1.82) is 0 Å². The number of aromatic nitrogens is 4. The first-order valence-electron chi connectivity index (χ1n) is 7.64. The smallest absolute Gasteiger partial charge is 0.267 e. The number of benzene rings is 1. The van der Waals surface area contributed by atoms with Crippen LogP contribution in [-0.4, -0.2) is 25.8 Å². The first-order chi connectivity index (χ1) is 12.2. The zero-order valence-electron chi connectivity index (χ0n) is 13.6. The van der Waals surface area contributed by atoms with Crippen LogP contribution < -0.4 is 5.56 Å². The minimum absolute atomic E-state index is 0.113. The fourth-order valence-corrected chi connectivity index (χ4v) is 4.09. The van der Waals surface area contributed by atoms with Gasteiger partial charge in [-0.2, -0.15) is 0 Å². The molecule has 0 fully saturated rings. The molecule has 0 saturated heterocycles. The molecule has 0 saturated carbocycles. The Balaban J connectivity index is 2.13. The Morgan fingerprint density at radius 3 is 2.60 bits per heavy atom. The molecule has 0 aliphatic heterocycles. The second-order valence-corrected chi connectivity index (χ2v) is 7.44. The zero-order valence-corrected chi connectivity index (χ0v) is 15.3. The Labute approximate surface area is 152 Å². The molecule has 25 heavy (non-hydrogen) atoms. The van der Waals surface area contributed by atoms with Crippen molar-refractivity contribution in [3.63, 3.8) is 0 Å². The number of thiazole rings is 1. The number of rotatable bonds is 3. The van der Waals surface area contributed by atoms with Crippen LogP contribution >= 0.6 is 23.1 Å². The van der Waals surface area contributed by atoms with Crippen LogP contribution in [0.15, 0.2) is 57.8 Å². The molecule has 0 atom stereocenters. The summed E-state index contributed by atoms with van der Waals surface area (Å²) in [5.41, 5.74) is 2.76. The molecule has 1 aromatic carbocycles. The number of hydrogen-bond acceptors (Lipinski definition) is 6. The Morgan fingerprint density at radius 1 is 1.08 bits per heavy atom. The lowest BCUT2D eigenvalue weighted by Gasteiger charge is -2.13. The SMILES string of the molecule is CSc1nc2nc(-c3ccccc3)n(-c3cccnc3C)c(=O)c2s1. The van der Waals surface area contributed by atoms with Crippen molar-refractivity contribution in [3.05, 3.63) is 64.7 Å². The van der Waals surface area contributed by atoms with Gasteiger partial charge in [0.2, 0.25) is 0 Å². The van der Waals surface area contributed by atoms with Crippen LogP contribution in [0.5, 0.6) is 0 Å². The standard InChI is InChI=1S/C18H14N4OS2/c1-11-13(9-6-10-19-11)22-16(12-7-4-3-5-8-12)20-15-14(17(22)23)25-18(21-15)24-2/h3-10H,1-2H3. The summed E-state index contributed by atoms with van der Waals surface area (Å²) in [6, 6.07) is 13.4.